The van der Waals surface area contributed by atoms with Crippen LogP contribution in [0.1, 0.15) is 31.9 Å². The number of thiophene rings is 1. The summed E-state index contributed by atoms with van der Waals surface area (Å²) in [5, 5.41) is 13.3. The van der Waals surface area contributed by atoms with Gasteiger partial charge in [-0.05, 0) is 29.7 Å². The summed E-state index contributed by atoms with van der Waals surface area (Å²) in [7, 11) is 3.03. The second-order valence-corrected chi connectivity index (χ2v) is 8.37. The van der Waals surface area contributed by atoms with Crippen LogP contribution in [0.3, 0.4) is 0 Å². The third-order valence-electron chi connectivity index (χ3n) is 5.37. The van der Waals surface area contributed by atoms with Crippen molar-refractivity contribution in [1.82, 2.24) is 4.90 Å². The number of carbonyl (C=O) groups excluding carboxylic acids is 1. The summed E-state index contributed by atoms with van der Waals surface area (Å²) < 4.78 is 10.7. The molecule has 0 bridgehead atoms. The van der Waals surface area contributed by atoms with Crippen molar-refractivity contribution in [2.75, 3.05) is 26.1 Å². The molecule has 7 heteroatoms. The van der Waals surface area contributed by atoms with Gasteiger partial charge in [-0.3, -0.25) is 9.69 Å². The van der Waals surface area contributed by atoms with Crippen LogP contribution in [0.5, 0.6) is 11.5 Å². The van der Waals surface area contributed by atoms with E-state index >= 15 is 0 Å². The number of methoxy groups -OCH3 is 2. The maximum absolute atomic E-state index is 13.0. The molecule has 0 saturated carbocycles. The zero-order chi connectivity index (χ0) is 21.8. The Labute approximate surface area is 185 Å². The molecule has 0 atom stereocenters. The van der Waals surface area contributed by atoms with Gasteiger partial charge in [0.1, 0.15) is 11.1 Å². The quantitative estimate of drug-likeness (QED) is 0.622. The molecule has 1 aromatic heterocycles. The van der Waals surface area contributed by atoms with E-state index in [0.717, 1.165) is 36.5 Å². The standard InChI is InChI=1S/C24H23N3O3S/c1-29-20-10-6-9-18(22(20)30-2)23(28)26-24-19(13-25)17-11-12-27(15-21(17)31-24)14-16-7-4-3-5-8-16/h3-10H,11-12,14-15H2,1-2H3,(H,26,28). The van der Waals surface area contributed by atoms with Crippen LogP contribution >= 0.6 is 11.3 Å². The normalized spacial score (nSPS) is 13.2. The number of anilines is 1. The minimum absolute atomic E-state index is 0.327. The molecule has 1 aliphatic heterocycles. The van der Waals surface area contributed by atoms with E-state index in [2.05, 4.69) is 28.4 Å². The van der Waals surface area contributed by atoms with Crippen molar-refractivity contribution in [2.24, 2.45) is 0 Å². The van der Waals surface area contributed by atoms with Gasteiger partial charge in [-0.1, -0.05) is 36.4 Å². The average Bonchev–Trinajstić information content (AvgIpc) is 3.15. The van der Waals surface area contributed by atoms with Gasteiger partial charge in [0.05, 0.1) is 25.3 Å². The first-order valence-electron chi connectivity index (χ1n) is 9.97. The topological polar surface area (TPSA) is 74.6 Å². The predicted octanol–water partition coefficient (Wildman–Crippen LogP) is 4.45. The van der Waals surface area contributed by atoms with Gasteiger partial charge in [-0.15, -0.1) is 11.3 Å². The molecule has 1 aliphatic rings. The number of benzene rings is 2. The van der Waals surface area contributed by atoms with Crippen LogP contribution in [-0.2, 0) is 19.5 Å². The first kappa shape index (κ1) is 20.9. The van der Waals surface area contributed by atoms with Crippen LogP contribution in [0, 0.1) is 11.3 Å². The van der Waals surface area contributed by atoms with Gasteiger partial charge in [0.15, 0.2) is 11.5 Å². The molecule has 0 saturated heterocycles. The van der Waals surface area contributed by atoms with Gasteiger partial charge in [0.2, 0.25) is 0 Å². The van der Waals surface area contributed by atoms with Crippen molar-refractivity contribution in [2.45, 2.75) is 19.5 Å². The van der Waals surface area contributed by atoms with Crippen LogP contribution in [0.15, 0.2) is 48.5 Å². The number of fused-ring (bicyclic) bond motifs is 1. The number of para-hydroxylation sites is 1. The molecule has 3 aromatic rings. The van der Waals surface area contributed by atoms with Gasteiger partial charge >= 0.3 is 0 Å². The number of ether oxygens (including phenoxy) is 2. The molecule has 158 valence electrons. The lowest BCUT2D eigenvalue weighted by Crippen LogP contribution is -2.29. The van der Waals surface area contributed by atoms with E-state index < -0.39 is 0 Å². The number of nitrogens with one attached hydrogen (secondary N) is 1. The van der Waals surface area contributed by atoms with E-state index in [9.17, 15) is 10.1 Å². The Morgan fingerprint density at radius 2 is 1.97 bits per heavy atom. The molecule has 0 unspecified atom stereocenters. The van der Waals surface area contributed by atoms with Crippen LogP contribution in [-0.4, -0.2) is 31.6 Å². The molecule has 2 heterocycles. The van der Waals surface area contributed by atoms with Gasteiger partial charge in [-0.25, -0.2) is 0 Å². The van der Waals surface area contributed by atoms with Crippen LogP contribution in [0.4, 0.5) is 5.00 Å². The minimum atomic E-state index is -0.327. The third-order valence-corrected chi connectivity index (χ3v) is 6.50. The fraction of sp³-hybridized carbons (Fsp3) is 0.250. The minimum Gasteiger partial charge on any atom is -0.493 e. The highest BCUT2D eigenvalue weighted by atomic mass is 32.1. The molecule has 1 N–H and O–H groups in total. The Bertz CT molecular complexity index is 1130. The maximum atomic E-state index is 13.0. The summed E-state index contributed by atoms with van der Waals surface area (Å²) in [5.41, 5.74) is 3.24. The second kappa shape index (κ2) is 9.21. The lowest BCUT2D eigenvalue weighted by atomic mass is 10.0. The Hall–Kier alpha value is -3.34. The van der Waals surface area contributed by atoms with E-state index in [0.29, 0.717) is 27.6 Å². The predicted molar refractivity (Wildman–Crippen MR) is 121 cm³/mol. The molecule has 0 radical (unpaired) electrons. The van der Waals surface area contributed by atoms with Crippen molar-refractivity contribution in [1.29, 1.82) is 5.26 Å². The van der Waals surface area contributed by atoms with E-state index in [-0.39, 0.29) is 5.91 Å². The molecule has 0 fully saturated rings. The molecule has 0 spiro atoms. The fourth-order valence-corrected chi connectivity index (χ4v) is 5.11. The lowest BCUT2D eigenvalue weighted by Gasteiger charge is -2.26. The summed E-state index contributed by atoms with van der Waals surface area (Å²) >= 11 is 1.48. The van der Waals surface area contributed by atoms with Gasteiger partial charge in [0, 0.05) is 24.5 Å². The molecular weight excluding hydrogens is 410 g/mol. The smallest absolute Gasteiger partial charge is 0.260 e. The molecule has 4 rings (SSSR count). The highest BCUT2D eigenvalue weighted by molar-refractivity contribution is 7.16. The van der Waals surface area contributed by atoms with E-state index in [4.69, 9.17) is 9.47 Å². The largest absolute Gasteiger partial charge is 0.493 e. The molecule has 0 aliphatic carbocycles. The SMILES string of the molecule is COc1cccc(C(=O)Nc2sc3c(c2C#N)CCN(Cc2ccccc2)C3)c1OC. The van der Waals surface area contributed by atoms with Crippen molar-refractivity contribution >= 4 is 22.2 Å². The Balaban J connectivity index is 1.56. The fourth-order valence-electron chi connectivity index (χ4n) is 3.88. The number of carbonyl (C=O) groups is 1. The van der Waals surface area contributed by atoms with Crippen LogP contribution in [0.25, 0.3) is 0 Å². The van der Waals surface area contributed by atoms with Crippen molar-refractivity contribution < 1.29 is 14.3 Å². The summed E-state index contributed by atoms with van der Waals surface area (Å²) in [6, 6.07) is 17.8. The number of hydrogen-bond donors (Lipinski definition) is 1. The first-order valence-corrected chi connectivity index (χ1v) is 10.8. The number of nitriles is 1. The third kappa shape index (κ3) is 4.26. The van der Waals surface area contributed by atoms with Gasteiger partial charge < -0.3 is 14.8 Å². The number of amides is 1. The lowest BCUT2D eigenvalue weighted by molar-refractivity contribution is 0.102. The summed E-state index contributed by atoms with van der Waals surface area (Å²) in [6.45, 7) is 2.51. The maximum Gasteiger partial charge on any atom is 0.260 e. The molecular formula is C24H23N3O3S. The number of nitrogens with zero attached hydrogens (tertiary/aromatic N) is 2. The molecule has 1 amide bonds. The Kier molecular flexibility index (Phi) is 6.21. The Morgan fingerprint density at radius 1 is 1.16 bits per heavy atom. The number of rotatable bonds is 6. The monoisotopic (exact) mass is 433 g/mol. The number of hydrogen-bond acceptors (Lipinski definition) is 6. The summed E-state index contributed by atoms with van der Waals surface area (Å²) in [6.07, 6.45) is 0.792. The molecule has 31 heavy (non-hydrogen) atoms. The van der Waals surface area contributed by atoms with Gasteiger partial charge in [-0.2, -0.15) is 5.26 Å². The van der Waals surface area contributed by atoms with Gasteiger partial charge in [0.25, 0.3) is 5.91 Å². The molecule has 6 nitrogen and oxygen atoms in total. The van der Waals surface area contributed by atoms with Crippen molar-refractivity contribution in [3.63, 3.8) is 0 Å². The molecule has 2 aromatic carbocycles. The average molecular weight is 434 g/mol. The van der Waals surface area contributed by atoms with Crippen LogP contribution < -0.4 is 14.8 Å². The zero-order valence-electron chi connectivity index (χ0n) is 17.5. The van der Waals surface area contributed by atoms with E-state index in [1.165, 1.54) is 31.1 Å². The van der Waals surface area contributed by atoms with E-state index in [1.54, 1.807) is 18.2 Å². The Morgan fingerprint density at radius 3 is 2.68 bits per heavy atom. The van der Waals surface area contributed by atoms with Crippen molar-refractivity contribution in [3.05, 3.63) is 75.7 Å². The van der Waals surface area contributed by atoms with Crippen molar-refractivity contribution in [3.8, 4) is 17.6 Å². The van der Waals surface area contributed by atoms with E-state index in [1.807, 2.05) is 18.2 Å². The highest BCUT2D eigenvalue weighted by Crippen LogP contribution is 2.38. The highest BCUT2D eigenvalue weighted by Gasteiger charge is 2.26. The summed E-state index contributed by atoms with van der Waals surface area (Å²) in [4.78, 5) is 16.5. The zero-order valence-corrected chi connectivity index (χ0v) is 18.3. The van der Waals surface area contributed by atoms with Crippen LogP contribution in [0.2, 0.25) is 0 Å². The second-order valence-electron chi connectivity index (χ2n) is 7.26. The summed E-state index contributed by atoms with van der Waals surface area (Å²) in [5.74, 6) is 0.529. The first-order chi connectivity index (χ1) is 15.1.